The molecule has 0 unspecified atom stereocenters. The van der Waals surface area contributed by atoms with Crippen molar-refractivity contribution in [2.75, 3.05) is 18.1 Å². The third kappa shape index (κ3) is 6.28. The first-order valence-corrected chi connectivity index (χ1v) is 9.57. The SMILES string of the molecule is O=C(O)c1ccc(N2C[C@@H](Oc3ccc(C(F)(F)F)cc3)C[C@H]2CCOC(F)(F)F)cc1. The minimum absolute atomic E-state index is 0.0209. The van der Waals surface area contributed by atoms with Gasteiger partial charge < -0.3 is 14.7 Å². The monoisotopic (exact) mass is 463 g/mol. The summed E-state index contributed by atoms with van der Waals surface area (Å²) >= 11 is 0. The zero-order valence-electron chi connectivity index (χ0n) is 16.5. The van der Waals surface area contributed by atoms with Crippen LogP contribution in [0.15, 0.2) is 48.5 Å². The molecule has 0 amide bonds. The average molecular weight is 463 g/mol. The van der Waals surface area contributed by atoms with Gasteiger partial charge in [-0.3, -0.25) is 4.74 Å². The molecule has 5 nitrogen and oxygen atoms in total. The minimum Gasteiger partial charge on any atom is -0.489 e. The summed E-state index contributed by atoms with van der Waals surface area (Å²) in [5.74, 6) is -0.909. The lowest BCUT2D eigenvalue weighted by Gasteiger charge is -2.26. The summed E-state index contributed by atoms with van der Waals surface area (Å²) in [4.78, 5) is 12.8. The van der Waals surface area contributed by atoms with E-state index in [1.807, 2.05) is 0 Å². The van der Waals surface area contributed by atoms with Crippen LogP contribution in [0.1, 0.15) is 28.8 Å². The van der Waals surface area contributed by atoms with E-state index in [9.17, 15) is 31.1 Å². The minimum atomic E-state index is -4.76. The molecule has 0 spiro atoms. The number of aromatic carboxylic acids is 1. The number of nitrogens with zero attached hydrogens (tertiary/aromatic N) is 1. The van der Waals surface area contributed by atoms with E-state index >= 15 is 0 Å². The molecule has 1 aliphatic heterocycles. The normalized spacial score (nSPS) is 19.2. The van der Waals surface area contributed by atoms with Crippen LogP contribution >= 0.6 is 0 Å². The summed E-state index contributed by atoms with van der Waals surface area (Å²) in [6.45, 7) is -0.324. The van der Waals surface area contributed by atoms with Crippen LogP contribution in [0.4, 0.5) is 32.0 Å². The molecule has 0 aliphatic carbocycles. The third-order valence-electron chi connectivity index (χ3n) is 5.02. The zero-order valence-corrected chi connectivity index (χ0v) is 16.5. The lowest BCUT2D eigenvalue weighted by Crippen LogP contribution is -2.31. The van der Waals surface area contributed by atoms with E-state index in [-0.39, 0.29) is 24.3 Å². The van der Waals surface area contributed by atoms with Crippen molar-refractivity contribution in [3.05, 3.63) is 59.7 Å². The predicted octanol–water partition coefficient (Wildman–Crippen LogP) is 5.36. The second kappa shape index (κ2) is 9.27. The highest BCUT2D eigenvalue weighted by atomic mass is 19.4. The van der Waals surface area contributed by atoms with Crippen LogP contribution in [-0.2, 0) is 10.9 Å². The maximum absolute atomic E-state index is 12.7. The Bertz CT molecular complexity index is 912. The Balaban J connectivity index is 1.72. The van der Waals surface area contributed by atoms with E-state index in [4.69, 9.17) is 9.84 Å². The summed E-state index contributed by atoms with van der Waals surface area (Å²) in [5, 5.41) is 9.03. The fourth-order valence-electron chi connectivity index (χ4n) is 3.57. The van der Waals surface area contributed by atoms with Crippen LogP contribution in [0.25, 0.3) is 0 Å². The van der Waals surface area contributed by atoms with E-state index in [2.05, 4.69) is 4.74 Å². The lowest BCUT2D eigenvalue weighted by atomic mass is 10.1. The number of hydrogen-bond donors (Lipinski definition) is 1. The molecular weight excluding hydrogens is 444 g/mol. The molecule has 0 saturated carbocycles. The highest BCUT2D eigenvalue weighted by molar-refractivity contribution is 5.88. The average Bonchev–Trinajstić information content (AvgIpc) is 3.09. The van der Waals surface area contributed by atoms with Gasteiger partial charge in [0.15, 0.2) is 0 Å². The van der Waals surface area contributed by atoms with E-state index < -0.39 is 42.8 Å². The molecule has 1 heterocycles. The number of hydrogen-bond acceptors (Lipinski definition) is 4. The predicted molar refractivity (Wildman–Crippen MR) is 102 cm³/mol. The number of carboxylic acid groups (broad SMARTS) is 1. The molecule has 32 heavy (non-hydrogen) atoms. The van der Waals surface area contributed by atoms with Crippen LogP contribution in [0, 0.1) is 0 Å². The van der Waals surface area contributed by atoms with Crippen LogP contribution in [0.3, 0.4) is 0 Å². The fourth-order valence-corrected chi connectivity index (χ4v) is 3.57. The summed E-state index contributed by atoms with van der Waals surface area (Å²) in [6.07, 6.45) is -9.41. The zero-order chi connectivity index (χ0) is 23.5. The molecule has 11 heteroatoms. The summed E-state index contributed by atoms with van der Waals surface area (Å²) in [5.41, 5.74) is -0.174. The van der Waals surface area contributed by atoms with Gasteiger partial charge in [-0.1, -0.05) is 0 Å². The van der Waals surface area contributed by atoms with Gasteiger partial charge in [-0.2, -0.15) is 13.2 Å². The molecule has 0 aromatic heterocycles. The van der Waals surface area contributed by atoms with Gasteiger partial charge in [0.05, 0.1) is 24.3 Å². The van der Waals surface area contributed by atoms with Crippen molar-refractivity contribution >= 4 is 11.7 Å². The van der Waals surface area contributed by atoms with Crippen LogP contribution in [0.5, 0.6) is 5.75 Å². The third-order valence-corrected chi connectivity index (χ3v) is 5.02. The molecule has 174 valence electrons. The van der Waals surface area contributed by atoms with Crippen molar-refractivity contribution in [2.24, 2.45) is 0 Å². The Morgan fingerprint density at radius 2 is 1.62 bits per heavy atom. The highest BCUT2D eigenvalue weighted by Gasteiger charge is 2.36. The van der Waals surface area contributed by atoms with E-state index in [0.29, 0.717) is 12.1 Å². The quantitative estimate of drug-likeness (QED) is 0.561. The smallest absolute Gasteiger partial charge is 0.489 e. The van der Waals surface area contributed by atoms with E-state index in [0.717, 1.165) is 12.1 Å². The Morgan fingerprint density at radius 3 is 2.16 bits per heavy atom. The molecule has 0 radical (unpaired) electrons. The number of halogens is 6. The number of carbonyl (C=O) groups is 1. The number of rotatable bonds is 7. The maximum atomic E-state index is 12.7. The van der Waals surface area contributed by atoms with Crippen LogP contribution in [-0.4, -0.2) is 42.7 Å². The number of anilines is 1. The summed E-state index contributed by atoms with van der Waals surface area (Å²) in [6, 6.07) is 9.60. The topological polar surface area (TPSA) is 59.0 Å². The molecule has 1 saturated heterocycles. The first kappa shape index (κ1) is 23.7. The van der Waals surface area contributed by atoms with E-state index in [1.165, 1.54) is 24.3 Å². The van der Waals surface area contributed by atoms with Crippen molar-refractivity contribution in [2.45, 2.75) is 37.5 Å². The standard InChI is InChI=1S/C21H19F6NO4/c22-20(23,24)14-3-7-17(8-4-14)32-18-11-16(9-10-31-21(25,26)27)28(12-18)15-5-1-13(2-6-15)19(29)30/h1-8,16,18H,9-12H2,(H,29,30)/t16-,18+/m1/s1. The summed E-state index contributed by atoms with van der Waals surface area (Å²) in [7, 11) is 0. The van der Waals surface area contributed by atoms with Gasteiger partial charge >= 0.3 is 18.5 Å². The molecule has 2 aromatic rings. The molecule has 0 bridgehead atoms. The van der Waals surface area contributed by atoms with Crippen molar-refractivity contribution in [1.29, 1.82) is 0 Å². The Kier molecular flexibility index (Phi) is 6.87. The second-order valence-corrected chi connectivity index (χ2v) is 7.24. The summed E-state index contributed by atoms with van der Waals surface area (Å²) < 4.78 is 84.9. The molecule has 2 atom stereocenters. The highest BCUT2D eigenvalue weighted by Crippen LogP contribution is 2.33. The second-order valence-electron chi connectivity index (χ2n) is 7.24. The molecule has 2 aromatic carbocycles. The molecule has 1 fully saturated rings. The molecule has 1 N–H and O–H groups in total. The van der Waals surface area contributed by atoms with E-state index in [1.54, 1.807) is 17.0 Å². The first-order valence-electron chi connectivity index (χ1n) is 9.57. The van der Waals surface area contributed by atoms with Crippen molar-refractivity contribution in [1.82, 2.24) is 0 Å². The molecule has 1 aliphatic rings. The number of alkyl halides is 6. The first-order chi connectivity index (χ1) is 14.9. The Morgan fingerprint density at radius 1 is 1.00 bits per heavy atom. The largest absolute Gasteiger partial charge is 0.522 e. The number of carboxylic acids is 1. The van der Waals surface area contributed by atoms with Crippen LogP contribution < -0.4 is 9.64 Å². The molecular formula is C21H19F6NO4. The van der Waals surface area contributed by atoms with Gasteiger partial charge in [-0.05, 0) is 55.0 Å². The van der Waals surface area contributed by atoms with Gasteiger partial charge in [0.2, 0.25) is 0 Å². The van der Waals surface area contributed by atoms with Gasteiger partial charge in [0.25, 0.3) is 0 Å². The van der Waals surface area contributed by atoms with Crippen molar-refractivity contribution in [3.63, 3.8) is 0 Å². The van der Waals surface area contributed by atoms with Crippen molar-refractivity contribution in [3.8, 4) is 5.75 Å². The van der Waals surface area contributed by atoms with Crippen molar-refractivity contribution < 1.29 is 45.7 Å². The maximum Gasteiger partial charge on any atom is 0.522 e. The molecule has 3 rings (SSSR count). The Hall–Kier alpha value is -2.95. The fraction of sp³-hybridized carbons (Fsp3) is 0.381. The lowest BCUT2D eigenvalue weighted by molar-refractivity contribution is -0.324. The number of ether oxygens (including phenoxy) is 2. The Labute approximate surface area is 179 Å². The van der Waals surface area contributed by atoms with Gasteiger partial charge in [-0.25, -0.2) is 4.79 Å². The number of benzene rings is 2. The van der Waals surface area contributed by atoms with Gasteiger partial charge in [-0.15, -0.1) is 13.2 Å². The van der Waals surface area contributed by atoms with Crippen LogP contribution in [0.2, 0.25) is 0 Å². The van der Waals surface area contributed by atoms with Gasteiger partial charge in [0, 0.05) is 18.2 Å². The van der Waals surface area contributed by atoms with Gasteiger partial charge in [0.1, 0.15) is 11.9 Å².